The number of ether oxygens (including phenoxy) is 1. The van der Waals surface area contributed by atoms with Crippen LogP contribution in [0.15, 0.2) is 6.33 Å². The van der Waals surface area contributed by atoms with E-state index in [1.54, 1.807) is 6.92 Å². The lowest BCUT2D eigenvalue weighted by Crippen LogP contribution is -2.26. The van der Waals surface area contributed by atoms with Gasteiger partial charge in [-0.15, -0.1) is 11.3 Å². The first kappa shape index (κ1) is 21.9. The highest BCUT2D eigenvalue weighted by atomic mass is 32.1. The molecular formula is C19H25N5O5S. The summed E-state index contributed by atoms with van der Waals surface area (Å²) in [5.74, 6) is -0.991. The molecule has 1 amide bonds. The summed E-state index contributed by atoms with van der Waals surface area (Å²) < 4.78 is 6.31. The molecule has 2 heterocycles. The molecule has 162 valence electrons. The van der Waals surface area contributed by atoms with Crippen molar-refractivity contribution in [3.8, 4) is 0 Å². The number of rotatable bonds is 6. The van der Waals surface area contributed by atoms with E-state index in [-0.39, 0.29) is 18.6 Å². The van der Waals surface area contributed by atoms with Crippen molar-refractivity contribution >= 4 is 34.2 Å². The third-order valence-corrected chi connectivity index (χ3v) is 6.39. The summed E-state index contributed by atoms with van der Waals surface area (Å²) in [5, 5.41) is 17.6. The molecule has 10 nitrogen and oxygen atoms in total. The molecule has 0 radical (unpaired) electrons. The van der Waals surface area contributed by atoms with Crippen molar-refractivity contribution in [2.24, 2.45) is 11.3 Å². The van der Waals surface area contributed by atoms with E-state index < -0.39 is 22.7 Å². The van der Waals surface area contributed by atoms with E-state index in [1.165, 1.54) is 11.3 Å². The molecule has 1 aliphatic rings. The van der Waals surface area contributed by atoms with Gasteiger partial charge < -0.3 is 20.2 Å². The van der Waals surface area contributed by atoms with Crippen LogP contribution in [0.5, 0.6) is 0 Å². The monoisotopic (exact) mass is 435 g/mol. The summed E-state index contributed by atoms with van der Waals surface area (Å²) in [7, 11) is 0. The molecule has 0 fully saturated rings. The van der Waals surface area contributed by atoms with Crippen LogP contribution in [0.2, 0.25) is 0 Å². The van der Waals surface area contributed by atoms with Crippen LogP contribution in [-0.2, 0) is 28.9 Å². The predicted octanol–water partition coefficient (Wildman–Crippen LogP) is 3.21. The van der Waals surface area contributed by atoms with E-state index in [0.717, 1.165) is 40.7 Å². The number of thiophene rings is 1. The number of nitrogens with zero attached hydrogens (tertiary/aromatic N) is 4. The highest BCUT2D eigenvalue weighted by Gasteiger charge is 2.34. The standard InChI is InChI=1S/C19H25N5O5S/c1-5-29-17(26)15-12-7-6-11(19(2,3)4)8-13(12)30-16(15)21-14(25)9-23-10-20-18(22-23)24(27)28/h10-11H,5-9H2,1-4H3,(H,21,25)/t11-/m0/s1. The molecule has 0 spiro atoms. The van der Waals surface area contributed by atoms with Crippen LogP contribution < -0.4 is 5.32 Å². The van der Waals surface area contributed by atoms with Crippen molar-refractivity contribution in [2.45, 2.75) is 53.5 Å². The molecule has 11 heteroatoms. The van der Waals surface area contributed by atoms with Crippen molar-refractivity contribution in [3.63, 3.8) is 0 Å². The molecule has 2 aromatic heterocycles. The molecule has 3 rings (SSSR count). The molecule has 0 aliphatic heterocycles. The predicted molar refractivity (Wildman–Crippen MR) is 111 cm³/mol. The largest absolute Gasteiger partial charge is 0.490 e. The number of aromatic nitrogens is 3. The van der Waals surface area contributed by atoms with E-state index in [9.17, 15) is 19.7 Å². The van der Waals surface area contributed by atoms with Gasteiger partial charge in [-0.2, -0.15) is 4.68 Å². The third-order valence-electron chi connectivity index (χ3n) is 5.22. The van der Waals surface area contributed by atoms with Gasteiger partial charge in [0.05, 0.1) is 12.2 Å². The summed E-state index contributed by atoms with van der Waals surface area (Å²) >= 11 is 1.40. The van der Waals surface area contributed by atoms with Crippen LogP contribution in [0, 0.1) is 21.4 Å². The SMILES string of the molecule is CCOC(=O)c1c(NC(=O)Cn2cnc([N+](=O)[O-])n2)sc2c1CC[C@H](C(C)(C)C)C2. The molecular weight excluding hydrogens is 410 g/mol. The number of fused-ring (bicyclic) bond motifs is 1. The number of carbonyl (C=O) groups is 2. The quantitative estimate of drug-likeness (QED) is 0.419. The fourth-order valence-electron chi connectivity index (χ4n) is 3.59. The van der Waals surface area contributed by atoms with Crippen molar-refractivity contribution < 1.29 is 19.2 Å². The second-order valence-corrected chi connectivity index (χ2v) is 9.39. The first-order valence-corrected chi connectivity index (χ1v) is 10.6. The maximum atomic E-state index is 12.6. The first-order valence-electron chi connectivity index (χ1n) is 9.75. The summed E-state index contributed by atoms with van der Waals surface area (Å²) in [6, 6.07) is 0. The van der Waals surface area contributed by atoms with Gasteiger partial charge in [0.15, 0.2) is 0 Å². The van der Waals surface area contributed by atoms with Crippen LogP contribution in [0.3, 0.4) is 0 Å². The minimum absolute atomic E-state index is 0.150. The molecule has 0 unspecified atom stereocenters. The van der Waals surface area contributed by atoms with Gasteiger partial charge in [0.1, 0.15) is 11.5 Å². The molecule has 0 bridgehead atoms. The van der Waals surface area contributed by atoms with E-state index >= 15 is 0 Å². The van der Waals surface area contributed by atoms with Gasteiger partial charge in [0.2, 0.25) is 12.2 Å². The Balaban J connectivity index is 1.84. The topological polar surface area (TPSA) is 129 Å². The Kier molecular flexibility index (Phi) is 6.20. The number of anilines is 1. The van der Waals surface area contributed by atoms with Crippen LogP contribution >= 0.6 is 11.3 Å². The number of hydrogen-bond donors (Lipinski definition) is 1. The van der Waals surface area contributed by atoms with Crippen molar-refractivity contribution in [2.75, 3.05) is 11.9 Å². The molecule has 1 N–H and O–H groups in total. The van der Waals surface area contributed by atoms with Crippen molar-refractivity contribution in [1.82, 2.24) is 14.8 Å². The minimum atomic E-state index is -0.730. The van der Waals surface area contributed by atoms with Crippen molar-refractivity contribution in [1.29, 1.82) is 0 Å². The number of carbonyl (C=O) groups excluding carboxylic acids is 2. The maximum absolute atomic E-state index is 12.6. The van der Waals surface area contributed by atoms with Gasteiger partial charge >= 0.3 is 11.9 Å². The number of esters is 1. The molecule has 2 aromatic rings. The molecule has 30 heavy (non-hydrogen) atoms. The van der Waals surface area contributed by atoms with Crippen LogP contribution in [0.4, 0.5) is 10.9 Å². The molecule has 1 aliphatic carbocycles. The average molecular weight is 436 g/mol. The minimum Gasteiger partial charge on any atom is -0.462 e. The zero-order valence-electron chi connectivity index (χ0n) is 17.4. The van der Waals surface area contributed by atoms with Crippen LogP contribution in [0.1, 0.15) is 54.9 Å². The highest BCUT2D eigenvalue weighted by molar-refractivity contribution is 7.17. The van der Waals surface area contributed by atoms with Crippen LogP contribution in [-0.4, -0.2) is 38.2 Å². The number of nitro groups is 1. The summed E-state index contributed by atoms with van der Waals surface area (Å²) in [5.41, 5.74) is 1.52. The second kappa shape index (κ2) is 8.50. The van der Waals surface area contributed by atoms with Gasteiger partial charge in [-0.05, 0) is 48.0 Å². The summed E-state index contributed by atoms with van der Waals surface area (Å²) in [4.78, 5) is 39.7. The Hall–Kier alpha value is -2.82. The smallest absolute Gasteiger partial charge is 0.462 e. The number of amides is 1. The molecule has 0 aromatic carbocycles. The summed E-state index contributed by atoms with van der Waals surface area (Å²) in [6.07, 6.45) is 3.70. The van der Waals surface area contributed by atoms with Crippen molar-refractivity contribution in [3.05, 3.63) is 32.4 Å². The van der Waals surface area contributed by atoms with Gasteiger partial charge in [0, 0.05) is 9.98 Å². The lowest BCUT2D eigenvalue weighted by molar-refractivity contribution is -0.394. The molecule has 0 saturated carbocycles. The normalized spacial score (nSPS) is 16.1. The van der Waals surface area contributed by atoms with E-state index in [2.05, 4.69) is 36.2 Å². The fraction of sp³-hybridized carbons (Fsp3) is 0.579. The van der Waals surface area contributed by atoms with Gasteiger partial charge in [-0.25, -0.2) is 4.79 Å². The molecule has 1 atom stereocenters. The lowest BCUT2D eigenvalue weighted by Gasteiger charge is -2.33. The highest BCUT2D eigenvalue weighted by Crippen LogP contribution is 2.44. The maximum Gasteiger partial charge on any atom is 0.490 e. The lowest BCUT2D eigenvalue weighted by atomic mass is 9.72. The summed E-state index contributed by atoms with van der Waals surface area (Å²) in [6.45, 7) is 8.36. The van der Waals surface area contributed by atoms with Crippen LogP contribution in [0.25, 0.3) is 0 Å². The Bertz CT molecular complexity index is 975. The second-order valence-electron chi connectivity index (χ2n) is 8.28. The van der Waals surface area contributed by atoms with E-state index in [1.807, 2.05) is 0 Å². The first-order chi connectivity index (χ1) is 14.1. The van der Waals surface area contributed by atoms with E-state index in [0.29, 0.717) is 16.5 Å². The van der Waals surface area contributed by atoms with Gasteiger partial charge in [-0.3, -0.25) is 4.79 Å². The Morgan fingerprint density at radius 2 is 2.17 bits per heavy atom. The fourth-order valence-corrected chi connectivity index (χ4v) is 4.92. The zero-order valence-corrected chi connectivity index (χ0v) is 18.2. The Morgan fingerprint density at radius 1 is 1.43 bits per heavy atom. The number of hydrogen-bond acceptors (Lipinski definition) is 8. The molecule has 0 saturated heterocycles. The Morgan fingerprint density at radius 3 is 2.77 bits per heavy atom. The average Bonchev–Trinajstić information content (AvgIpc) is 3.24. The zero-order chi connectivity index (χ0) is 22.1. The number of nitrogens with one attached hydrogen (secondary N) is 1. The third kappa shape index (κ3) is 4.66. The van der Waals surface area contributed by atoms with Gasteiger partial charge in [-0.1, -0.05) is 25.8 Å². The van der Waals surface area contributed by atoms with Gasteiger partial charge in [0.25, 0.3) is 0 Å². The Labute approximate surface area is 177 Å². The van der Waals surface area contributed by atoms with E-state index in [4.69, 9.17) is 4.74 Å².